The van der Waals surface area contributed by atoms with E-state index in [1.807, 2.05) is 13.8 Å². The third-order valence-electron chi connectivity index (χ3n) is 3.78. The molecule has 2 N–H and O–H groups in total. The summed E-state index contributed by atoms with van der Waals surface area (Å²) in [5.74, 6) is -0.171. The van der Waals surface area contributed by atoms with Crippen molar-refractivity contribution in [2.75, 3.05) is 11.9 Å². The first kappa shape index (κ1) is 16.8. The second kappa shape index (κ2) is 7.27. The van der Waals surface area contributed by atoms with Crippen LogP contribution in [0, 0.1) is 0 Å². The summed E-state index contributed by atoms with van der Waals surface area (Å²) in [6.07, 6.45) is 2.97. The van der Waals surface area contributed by atoms with Gasteiger partial charge in [0.05, 0.1) is 18.2 Å². The average molecular weight is 341 g/mol. The van der Waals surface area contributed by atoms with Crippen molar-refractivity contribution in [3.05, 3.63) is 47.1 Å². The van der Waals surface area contributed by atoms with E-state index < -0.39 is 6.10 Å². The molecule has 2 aromatic heterocycles. The SMILES string of the molecule is CCOC(CC)C(=O)Nc1ccc(-n2ncc3c(=O)[nH]cnc32)cc1. The number of rotatable bonds is 6. The van der Waals surface area contributed by atoms with Gasteiger partial charge in [-0.3, -0.25) is 9.59 Å². The number of carbonyl (C=O) groups excluding carboxylic acids is 1. The Hall–Kier alpha value is -3.00. The van der Waals surface area contributed by atoms with E-state index in [1.165, 1.54) is 12.5 Å². The number of nitrogens with one attached hydrogen (secondary N) is 2. The Balaban J connectivity index is 1.81. The van der Waals surface area contributed by atoms with E-state index in [4.69, 9.17) is 4.74 Å². The topological polar surface area (TPSA) is 102 Å². The van der Waals surface area contributed by atoms with E-state index in [9.17, 15) is 9.59 Å². The lowest BCUT2D eigenvalue weighted by atomic mass is 10.2. The number of hydrogen-bond donors (Lipinski definition) is 2. The fourth-order valence-electron chi connectivity index (χ4n) is 2.53. The number of aromatic nitrogens is 4. The molecule has 0 saturated heterocycles. The van der Waals surface area contributed by atoms with Crippen LogP contribution in [0.2, 0.25) is 0 Å². The Kier molecular flexibility index (Phi) is 4.90. The molecule has 25 heavy (non-hydrogen) atoms. The lowest BCUT2D eigenvalue weighted by Gasteiger charge is -2.15. The fourth-order valence-corrected chi connectivity index (χ4v) is 2.53. The van der Waals surface area contributed by atoms with Gasteiger partial charge in [-0.25, -0.2) is 9.67 Å². The molecule has 1 amide bonds. The Morgan fingerprint density at radius 3 is 2.76 bits per heavy atom. The molecule has 8 nitrogen and oxygen atoms in total. The number of carbonyl (C=O) groups is 1. The van der Waals surface area contributed by atoms with Crippen LogP contribution in [0.5, 0.6) is 0 Å². The highest BCUT2D eigenvalue weighted by atomic mass is 16.5. The van der Waals surface area contributed by atoms with Crippen molar-refractivity contribution in [1.29, 1.82) is 0 Å². The summed E-state index contributed by atoms with van der Waals surface area (Å²) in [5.41, 5.74) is 1.64. The molecule has 2 heterocycles. The Bertz CT molecular complexity index is 929. The quantitative estimate of drug-likeness (QED) is 0.712. The number of anilines is 1. The minimum atomic E-state index is -0.462. The third kappa shape index (κ3) is 3.43. The number of nitrogens with zero attached hydrogens (tertiary/aromatic N) is 3. The van der Waals surface area contributed by atoms with Gasteiger partial charge in [0.1, 0.15) is 11.5 Å². The number of hydrogen-bond acceptors (Lipinski definition) is 5. The summed E-state index contributed by atoms with van der Waals surface area (Å²) in [4.78, 5) is 30.6. The molecule has 0 bridgehead atoms. The van der Waals surface area contributed by atoms with Crippen LogP contribution in [0.15, 0.2) is 41.6 Å². The number of aromatic amines is 1. The highest BCUT2D eigenvalue weighted by molar-refractivity contribution is 5.94. The van der Waals surface area contributed by atoms with Gasteiger partial charge in [0, 0.05) is 12.3 Å². The first-order chi connectivity index (χ1) is 12.1. The maximum Gasteiger partial charge on any atom is 0.261 e. The fraction of sp³-hybridized carbons (Fsp3) is 0.294. The van der Waals surface area contributed by atoms with Gasteiger partial charge >= 0.3 is 0 Å². The van der Waals surface area contributed by atoms with Crippen LogP contribution >= 0.6 is 0 Å². The highest BCUT2D eigenvalue weighted by Gasteiger charge is 2.16. The van der Waals surface area contributed by atoms with Gasteiger partial charge in [-0.15, -0.1) is 0 Å². The standard InChI is InChI=1S/C17H19N5O3/c1-3-14(25-4-2)17(24)21-11-5-7-12(8-6-11)22-15-13(9-20-22)16(23)19-10-18-15/h5-10,14H,3-4H2,1-2H3,(H,21,24)(H,18,19,23). The lowest BCUT2D eigenvalue weighted by molar-refractivity contribution is -0.127. The monoisotopic (exact) mass is 341 g/mol. The molecule has 0 saturated carbocycles. The smallest absolute Gasteiger partial charge is 0.261 e. The lowest BCUT2D eigenvalue weighted by Crippen LogP contribution is -2.29. The Labute approximate surface area is 143 Å². The van der Waals surface area contributed by atoms with Crippen molar-refractivity contribution in [2.45, 2.75) is 26.4 Å². The van der Waals surface area contributed by atoms with Gasteiger partial charge in [-0.1, -0.05) is 6.92 Å². The molecule has 1 unspecified atom stereocenters. The molecule has 0 aliphatic carbocycles. The summed E-state index contributed by atoms with van der Waals surface area (Å²) >= 11 is 0. The molecule has 0 spiro atoms. The van der Waals surface area contributed by atoms with Gasteiger partial charge < -0.3 is 15.0 Å². The molecule has 0 radical (unpaired) electrons. The summed E-state index contributed by atoms with van der Waals surface area (Å²) in [7, 11) is 0. The maximum atomic E-state index is 12.2. The zero-order valence-electron chi connectivity index (χ0n) is 14.0. The van der Waals surface area contributed by atoms with Crippen molar-refractivity contribution in [3.8, 4) is 5.69 Å². The minimum absolute atomic E-state index is 0.171. The van der Waals surface area contributed by atoms with E-state index in [0.29, 0.717) is 29.7 Å². The van der Waals surface area contributed by atoms with Crippen LogP contribution in [0.1, 0.15) is 20.3 Å². The molecular formula is C17H19N5O3. The first-order valence-corrected chi connectivity index (χ1v) is 8.08. The van der Waals surface area contributed by atoms with Crippen LogP contribution in [-0.2, 0) is 9.53 Å². The first-order valence-electron chi connectivity index (χ1n) is 8.08. The van der Waals surface area contributed by atoms with Gasteiger partial charge in [-0.05, 0) is 37.6 Å². The number of H-pyrrole nitrogens is 1. The Morgan fingerprint density at radius 1 is 1.32 bits per heavy atom. The van der Waals surface area contributed by atoms with E-state index in [2.05, 4.69) is 20.4 Å². The highest BCUT2D eigenvalue weighted by Crippen LogP contribution is 2.17. The second-order valence-corrected chi connectivity index (χ2v) is 5.41. The molecule has 0 aliphatic heterocycles. The predicted molar refractivity (Wildman–Crippen MR) is 93.8 cm³/mol. The maximum absolute atomic E-state index is 12.2. The molecule has 0 aliphatic rings. The van der Waals surface area contributed by atoms with E-state index in [1.54, 1.807) is 28.9 Å². The molecule has 3 aromatic rings. The predicted octanol–water partition coefficient (Wildman–Crippen LogP) is 1.86. The molecule has 3 rings (SSSR count). The normalized spacial score (nSPS) is 12.2. The van der Waals surface area contributed by atoms with E-state index >= 15 is 0 Å². The van der Waals surface area contributed by atoms with Gasteiger partial charge in [0.15, 0.2) is 5.65 Å². The van der Waals surface area contributed by atoms with Crippen LogP contribution < -0.4 is 10.9 Å². The number of amides is 1. The van der Waals surface area contributed by atoms with Crippen LogP contribution in [0.3, 0.4) is 0 Å². The molecule has 130 valence electrons. The van der Waals surface area contributed by atoms with Gasteiger partial charge in [0.2, 0.25) is 0 Å². The summed E-state index contributed by atoms with van der Waals surface area (Å²) < 4.78 is 6.97. The molecule has 1 aromatic carbocycles. The second-order valence-electron chi connectivity index (χ2n) is 5.41. The summed E-state index contributed by atoms with van der Waals surface area (Å²) in [5, 5.41) is 7.46. The van der Waals surface area contributed by atoms with Gasteiger partial charge in [-0.2, -0.15) is 5.10 Å². The largest absolute Gasteiger partial charge is 0.369 e. The van der Waals surface area contributed by atoms with E-state index in [0.717, 1.165) is 5.69 Å². The molecule has 0 fully saturated rings. The number of benzene rings is 1. The molecule has 8 heteroatoms. The van der Waals surface area contributed by atoms with Crippen molar-refractivity contribution in [2.24, 2.45) is 0 Å². The summed E-state index contributed by atoms with van der Waals surface area (Å²) in [6, 6.07) is 7.14. The van der Waals surface area contributed by atoms with E-state index in [-0.39, 0.29) is 11.5 Å². The zero-order chi connectivity index (χ0) is 17.8. The number of ether oxygens (including phenoxy) is 1. The van der Waals surface area contributed by atoms with Crippen molar-refractivity contribution in [3.63, 3.8) is 0 Å². The molecule has 1 atom stereocenters. The average Bonchev–Trinajstić information content (AvgIpc) is 3.05. The minimum Gasteiger partial charge on any atom is -0.369 e. The Morgan fingerprint density at radius 2 is 2.08 bits per heavy atom. The third-order valence-corrected chi connectivity index (χ3v) is 3.78. The molecular weight excluding hydrogens is 322 g/mol. The van der Waals surface area contributed by atoms with Gasteiger partial charge in [0.25, 0.3) is 11.5 Å². The van der Waals surface area contributed by atoms with Crippen molar-refractivity contribution < 1.29 is 9.53 Å². The summed E-state index contributed by atoms with van der Waals surface area (Å²) in [6.45, 7) is 4.25. The van der Waals surface area contributed by atoms with Crippen molar-refractivity contribution >= 4 is 22.6 Å². The van der Waals surface area contributed by atoms with Crippen LogP contribution in [0.4, 0.5) is 5.69 Å². The van der Waals surface area contributed by atoms with Crippen LogP contribution in [0.25, 0.3) is 16.7 Å². The number of fused-ring (bicyclic) bond motifs is 1. The van der Waals surface area contributed by atoms with Crippen LogP contribution in [-0.4, -0.2) is 38.4 Å². The zero-order valence-corrected chi connectivity index (χ0v) is 14.0. The van der Waals surface area contributed by atoms with Crippen molar-refractivity contribution in [1.82, 2.24) is 19.7 Å².